The van der Waals surface area contributed by atoms with Crippen LogP contribution in [0.15, 0.2) is 23.2 Å². The van der Waals surface area contributed by atoms with Gasteiger partial charge in [-0.25, -0.2) is 4.39 Å². The van der Waals surface area contributed by atoms with E-state index in [0.717, 1.165) is 36.0 Å². The van der Waals surface area contributed by atoms with Crippen molar-refractivity contribution in [2.24, 2.45) is 0 Å². The first-order chi connectivity index (χ1) is 6.20. The van der Waals surface area contributed by atoms with E-state index in [1.165, 1.54) is 0 Å². The molecule has 0 heterocycles. The lowest BCUT2D eigenvalue weighted by Gasteiger charge is -2.18. The number of allylic oxidation sites excluding steroid dienone is 1. The molecule has 68 valence electrons. The minimum atomic E-state index is -0.113. The fourth-order valence-electron chi connectivity index (χ4n) is 1.78. The summed E-state index contributed by atoms with van der Waals surface area (Å²) in [6.07, 6.45) is 2.84. The van der Waals surface area contributed by atoms with Crippen molar-refractivity contribution in [2.75, 3.05) is 0 Å². The number of hydrogen-bond acceptors (Lipinski definition) is 0. The van der Waals surface area contributed by atoms with Gasteiger partial charge in [-0.05, 0) is 58.0 Å². The molecule has 0 N–H and O–H groups in total. The lowest BCUT2D eigenvalue weighted by molar-refractivity contribution is 0.594. The van der Waals surface area contributed by atoms with Crippen LogP contribution >= 0.6 is 15.9 Å². The number of fused-ring (bicyclic) bond motifs is 1. The molecule has 1 aliphatic rings. The Labute approximate surface area is 85.6 Å². The fraction of sp³-hybridized carbons (Fsp3) is 0.273. The van der Waals surface area contributed by atoms with Crippen LogP contribution in [0.3, 0.4) is 0 Å². The first-order valence-electron chi connectivity index (χ1n) is 4.35. The molecule has 0 saturated heterocycles. The molecule has 0 amide bonds. The second-order valence-electron chi connectivity index (χ2n) is 3.34. The third-order valence-electron chi connectivity index (χ3n) is 2.48. The van der Waals surface area contributed by atoms with Gasteiger partial charge in [0.1, 0.15) is 5.82 Å². The third kappa shape index (κ3) is 1.44. The molecule has 13 heavy (non-hydrogen) atoms. The molecule has 2 heteroatoms. The molecule has 0 atom stereocenters. The van der Waals surface area contributed by atoms with Crippen LogP contribution in [0.1, 0.15) is 24.0 Å². The van der Waals surface area contributed by atoms with Crippen molar-refractivity contribution in [3.05, 3.63) is 40.1 Å². The molecule has 0 fully saturated rings. The summed E-state index contributed by atoms with van der Waals surface area (Å²) in [6, 6.07) is 3.70. The first-order valence-corrected chi connectivity index (χ1v) is 5.14. The topological polar surface area (TPSA) is 0 Å². The minimum absolute atomic E-state index is 0.113. The second-order valence-corrected chi connectivity index (χ2v) is 4.20. The van der Waals surface area contributed by atoms with Crippen molar-refractivity contribution in [3.63, 3.8) is 0 Å². The quantitative estimate of drug-likeness (QED) is 0.645. The van der Waals surface area contributed by atoms with Gasteiger partial charge >= 0.3 is 0 Å². The van der Waals surface area contributed by atoms with Crippen LogP contribution in [0.4, 0.5) is 4.39 Å². The number of halogens is 2. The normalized spacial score (nSPS) is 15.7. The standard InChI is InChI=1S/C11H10BrF/c1-7-3-2-4-9-8(7)5-6-10(12)11(9)13/h5-6H,1-4H2. The number of rotatable bonds is 0. The summed E-state index contributed by atoms with van der Waals surface area (Å²) in [4.78, 5) is 0. The number of hydrogen-bond donors (Lipinski definition) is 0. The zero-order chi connectivity index (χ0) is 9.42. The van der Waals surface area contributed by atoms with Gasteiger partial charge in [0.05, 0.1) is 4.47 Å². The molecule has 0 spiro atoms. The molecule has 1 aromatic carbocycles. The third-order valence-corrected chi connectivity index (χ3v) is 3.09. The predicted molar refractivity (Wildman–Crippen MR) is 56.1 cm³/mol. The Morgan fingerprint density at radius 3 is 2.85 bits per heavy atom. The zero-order valence-corrected chi connectivity index (χ0v) is 8.83. The Bertz CT molecular complexity index is 369. The molecular weight excluding hydrogens is 231 g/mol. The van der Waals surface area contributed by atoms with E-state index in [0.29, 0.717) is 4.47 Å². The summed E-state index contributed by atoms with van der Waals surface area (Å²) >= 11 is 3.19. The highest BCUT2D eigenvalue weighted by Gasteiger charge is 2.17. The van der Waals surface area contributed by atoms with Gasteiger partial charge in [-0.3, -0.25) is 0 Å². The molecule has 0 radical (unpaired) electrons. The SMILES string of the molecule is C=C1CCCc2c1ccc(Br)c2F. The van der Waals surface area contributed by atoms with Crippen molar-refractivity contribution in [2.45, 2.75) is 19.3 Å². The van der Waals surface area contributed by atoms with E-state index in [2.05, 4.69) is 22.5 Å². The van der Waals surface area contributed by atoms with Crippen LogP contribution in [-0.2, 0) is 6.42 Å². The van der Waals surface area contributed by atoms with Crippen LogP contribution in [0.25, 0.3) is 5.57 Å². The number of benzene rings is 1. The molecule has 1 aliphatic carbocycles. The molecule has 0 nitrogen and oxygen atoms in total. The predicted octanol–water partition coefficient (Wildman–Crippen LogP) is 3.94. The lowest BCUT2D eigenvalue weighted by Crippen LogP contribution is -2.04. The monoisotopic (exact) mass is 240 g/mol. The maximum Gasteiger partial charge on any atom is 0.141 e. The highest BCUT2D eigenvalue weighted by Crippen LogP contribution is 2.33. The van der Waals surface area contributed by atoms with Gasteiger partial charge in [-0.1, -0.05) is 12.6 Å². The van der Waals surface area contributed by atoms with E-state index in [-0.39, 0.29) is 5.82 Å². The summed E-state index contributed by atoms with van der Waals surface area (Å²) in [6.45, 7) is 3.94. The Balaban J connectivity index is 2.63. The van der Waals surface area contributed by atoms with Crippen LogP contribution < -0.4 is 0 Å². The molecule has 0 unspecified atom stereocenters. The average molecular weight is 241 g/mol. The summed E-state index contributed by atoms with van der Waals surface area (Å²) in [7, 11) is 0. The van der Waals surface area contributed by atoms with Gasteiger partial charge in [0.25, 0.3) is 0 Å². The lowest BCUT2D eigenvalue weighted by atomic mass is 9.88. The maximum absolute atomic E-state index is 13.6. The van der Waals surface area contributed by atoms with E-state index < -0.39 is 0 Å². The molecule has 0 bridgehead atoms. The van der Waals surface area contributed by atoms with Gasteiger partial charge in [-0.2, -0.15) is 0 Å². The van der Waals surface area contributed by atoms with Crippen LogP contribution in [0.5, 0.6) is 0 Å². The van der Waals surface area contributed by atoms with Crippen molar-refractivity contribution in [1.29, 1.82) is 0 Å². The summed E-state index contributed by atoms with van der Waals surface area (Å²) < 4.78 is 14.1. The molecule has 0 aliphatic heterocycles. The highest BCUT2D eigenvalue weighted by molar-refractivity contribution is 9.10. The zero-order valence-electron chi connectivity index (χ0n) is 7.24. The van der Waals surface area contributed by atoms with Crippen LogP contribution in [0.2, 0.25) is 0 Å². The fourth-order valence-corrected chi connectivity index (χ4v) is 2.15. The van der Waals surface area contributed by atoms with Crippen molar-refractivity contribution >= 4 is 21.5 Å². The molecule has 2 rings (SSSR count). The summed E-state index contributed by atoms with van der Waals surface area (Å²) in [5.41, 5.74) is 2.89. The van der Waals surface area contributed by atoms with E-state index in [9.17, 15) is 4.39 Å². The Morgan fingerprint density at radius 1 is 1.31 bits per heavy atom. The highest BCUT2D eigenvalue weighted by atomic mass is 79.9. The average Bonchev–Trinajstić information content (AvgIpc) is 2.12. The summed E-state index contributed by atoms with van der Waals surface area (Å²) in [5, 5.41) is 0. The van der Waals surface area contributed by atoms with E-state index in [1.807, 2.05) is 6.07 Å². The van der Waals surface area contributed by atoms with Crippen LogP contribution in [-0.4, -0.2) is 0 Å². The molecule has 0 aromatic heterocycles. The minimum Gasteiger partial charge on any atom is -0.205 e. The Hall–Kier alpha value is -0.630. The van der Waals surface area contributed by atoms with Gasteiger partial charge in [0, 0.05) is 0 Å². The smallest absolute Gasteiger partial charge is 0.141 e. The molecular formula is C11H10BrF. The van der Waals surface area contributed by atoms with E-state index >= 15 is 0 Å². The van der Waals surface area contributed by atoms with Gasteiger partial charge in [0.2, 0.25) is 0 Å². The van der Waals surface area contributed by atoms with Crippen molar-refractivity contribution < 1.29 is 4.39 Å². The largest absolute Gasteiger partial charge is 0.205 e. The Morgan fingerprint density at radius 2 is 2.08 bits per heavy atom. The Kier molecular flexibility index (Phi) is 2.24. The van der Waals surface area contributed by atoms with Gasteiger partial charge < -0.3 is 0 Å². The van der Waals surface area contributed by atoms with Gasteiger partial charge in [-0.15, -0.1) is 0 Å². The maximum atomic E-state index is 13.6. The second kappa shape index (κ2) is 3.26. The first kappa shape index (κ1) is 8.95. The van der Waals surface area contributed by atoms with Crippen LogP contribution in [0, 0.1) is 5.82 Å². The molecule has 0 saturated carbocycles. The van der Waals surface area contributed by atoms with E-state index in [1.54, 1.807) is 6.07 Å². The van der Waals surface area contributed by atoms with E-state index in [4.69, 9.17) is 0 Å². The summed E-state index contributed by atoms with van der Waals surface area (Å²) in [5.74, 6) is -0.113. The van der Waals surface area contributed by atoms with Gasteiger partial charge in [0.15, 0.2) is 0 Å². The molecule has 1 aromatic rings. The van der Waals surface area contributed by atoms with Crippen molar-refractivity contribution in [3.8, 4) is 0 Å². The van der Waals surface area contributed by atoms with Crippen molar-refractivity contribution in [1.82, 2.24) is 0 Å².